The first-order valence-electron chi connectivity index (χ1n) is 12.8. The van der Waals surface area contributed by atoms with Gasteiger partial charge in [-0.05, 0) is 61.4 Å². The average molecular weight is 548 g/mol. The van der Waals surface area contributed by atoms with Crippen LogP contribution in [0.2, 0.25) is 0 Å². The fourth-order valence-electron chi connectivity index (χ4n) is 5.79. The number of amides is 1. The lowest BCUT2D eigenvalue weighted by Gasteiger charge is -2.39. The van der Waals surface area contributed by atoms with Gasteiger partial charge in [-0.1, -0.05) is 47.7 Å². The Labute approximate surface area is 226 Å². The van der Waals surface area contributed by atoms with Gasteiger partial charge in [-0.15, -0.1) is 6.58 Å². The Balaban J connectivity index is 1.21. The van der Waals surface area contributed by atoms with Crippen LogP contribution in [-0.4, -0.2) is 42.7 Å². The van der Waals surface area contributed by atoms with Crippen molar-refractivity contribution in [1.29, 1.82) is 0 Å². The molecule has 0 unspecified atom stereocenters. The van der Waals surface area contributed by atoms with E-state index in [0.29, 0.717) is 12.1 Å². The summed E-state index contributed by atoms with van der Waals surface area (Å²) < 4.78 is 34.4. The van der Waals surface area contributed by atoms with E-state index >= 15 is 0 Å². The van der Waals surface area contributed by atoms with E-state index in [1.807, 2.05) is 47.5 Å². The number of benzene rings is 2. The minimum absolute atomic E-state index is 0.00435. The number of hydrogen-bond acceptors (Lipinski definition) is 6. The summed E-state index contributed by atoms with van der Waals surface area (Å²) >= 11 is 1.39. The van der Waals surface area contributed by atoms with Gasteiger partial charge < -0.3 is 9.32 Å². The number of aryl methyl sites for hydroxylation is 1. The summed E-state index contributed by atoms with van der Waals surface area (Å²) in [6.07, 6.45) is 5.24. The summed E-state index contributed by atoms with van der Waals surface area (Å²) in [6.45, 7) is 6.96. The van der Waals surface area contributed by atoms with E-state index in [-0.39, 0.29) is 40.0 Å². The van der Waals surface area contributed by atoms with Crippen molar-refractivity contribution in [3.63, 3.8) is 0 Å². The van der Waals surface area contributed by atoms with Crippen molar-refractivity contribution < 1.29 is 17.6 Å². The van der Waals surface area contributed by atoms with Gasteiger partial charge in [0, 0.05) is 42.2 Å². The van der Waals surface area contributed by atoms with Gasteiger partial charge in [0.25, 0.3) is 15.3 Å². The summed E-state index contributed by atoms with van der Waals surface area (Å²) in [4.78, 5) is 19.5. The second-order valence-corrected chi connectivity index (χ2v) is 12.9. The predicted molar refractivity (Wildman–Crippen MR) is 151 cm³/mol. The minimum Gasteiger partial charge on any atom is -0.443 e. The Hall–Kier alpha value is -3.14. The molecule has 0 aliphatic carbocycles. The molecule has 0 spiro atoms. The molecule has 1 amide bonds. The highest BCUT2D eigenvalue weighted by Crippen LogP contribution is 2.50. The first-order valence-corrected chi connectivity index (χ1v) is 15.1. The normalized spacial score (nSPS) is 22.6. The average Bonchev–Trinajstić information content (AvgIpc) is 3.50. The van der Waals surface area contributed by atoms with Crippen LogP contribution in [0.15, 0.2) is 83.0 Å². The zero-order valence-electron chi connectivity index (χ0n) is 21.0. The molecule has 4 heterocycles. The summed E-state index contributed by atoms with van der Waals surface area (Å²) in [5.41, 5.74) is 3.75. The monoisotopic (exact) mass is 547 g/mol. The summed E-state index contributed by atoms with van der Waals surface area (Å²) in [5, 5.41) is 1.84. The zero-order valence-corrected chi connectivity index (χ0v) is 22.7. The number of pyridine rings is 1. The van der Waals surface area contributed by atoms with Crippen molar-refractivity contribution in [1.82, 2.24) is 14.6 Å². The maximum atomic E-state index is 13.0. The van der Waals surface area contributed by atoms with E-state index < -0.39 is 10.0 Å². The number of para-hydroxylation sites is 1. The molecule has 38 heavy (non-hydrogen) atoms. The number of rotatable bonds is 7. The zero-order chi connectivity index (χ0) is 26.4. The van der Waals surface area contributed by atoms with Crippen LogP contribution in [0.1, 0.15) is 29.2 Å². The van der Waals surface area contributed by atoms with Crippen LogP contribution in [0.4, 0.5) is 4.79 Å². The maximum Gasteiger partial charge on any atom is 0.282 e. The molecule has 9 heteroatoms. The lowest BCUT2D eigenvalue weighted by Crippen LogP contribution is -2.44. The van der Waals surface area contributed by atoms with Gasteiger partial charge >= 0.3 is 0 Å². The van der Waals surface area contributed by atoms with Gasteiger partial charge in [0.15, 0.2) is 0 Å². The maximum absolute atomic E-state index is 13.0. The highest BCUT2D eigenvalue weighted by atomic mass is 32.2. The number of piperidine rings is 1. The number of aromatic nitrogens is 1. The molecule has 0 saturated carbocycles. The third-order valence-electron chi connectivity index (χ3n) is 7.82. The second kappa shape index (κ2) is 9.87. The SMILES string of the molecule is C=C[C@@H](CNS(=O)(=O)c1cc2ccccc2o1)[C@H]1CCN2C(=O)S[C@@H](c3ccnc4ccc(C)cc34)[C@@H]2C1. The molecular weight excluding hydrogens is 518 g/mol. The number of furan rings is 1. The molecular formula is C29H29N3O4S2. The lowest BCUT2D eigenvalue weighted by atomic mass is 9.79. The molecule has 4 aromatic rings. The van der Waals surface area contributed by atoms with Gasteiger partial charge in [-0.25, -0.2) is 13.1 Å². The van der Waals surface area contributed by atoms with E-state index in [2.05, 4.69) is 35.3 Å². The van der Waals surface area contributed by atoms with Crippen molar-refractivity contribution in [3.8, 4) is 0 Å². The fraction of sp³-hybridized carbons (Fsp3) is 0.310. The standard InChI is InChI=1S/C29H29N3O4S2/c1-3-19(17-31-38(34,35)27-16-21-6-4-5-7-26(21)36-27)20-11-13-32-25(15-20)28(37-29(32)33)22-10-12-30-24-9-8-18(2)14-23(22)24/h3-10,12,14,16,19-20,25,28,31H,1,11,13,15,17H2,2H3/t19-,20-,25-,28-/m0/s1. The van der Waals surface area contributed by atoms with E-state index in [1.165, 1.54) is 11.8 Å². The third-order valence-corrected chi connectivity index (χ3v) is 10.4. The van der Waals surface area contributed by atoms with Crippen LogP contribution in [-0.2, 0) is 10.0 Å². The number of carbonyl (C=O) groups is 1. The molecule has 2 fully saturated rings. The largest absolute Gasteiger partial charge is 0.443 e. The molecule has 4 atom stereocenters. The minimum atomic E-state index is -3.81. The van der Waals surface area contributed by atoms with E-state index in [9.17, 15) is 13.2 Å². The van der Waals surface area contributed by atoms with Crippen molar-refractivity contribution in [2.75, 3.05) is 13.1 Å². The number of nitrogens with one attached hydrogen (secondary N) is 1. The molecule has 6 rings (SSSR count). The van der Waals surface area contributed by atoms with Gasteiger partial charge in [0.05, 0.1) is 10.8 Å². The summed E-state index contributed by atoms with van der Waals surface area (Å²) in [5.74, 6) is 0.116. The molecule has 0 radical (unpaired) electrons. The van der Waals surface area contributed by atoms with Crippen LogP contribution in [0.25, 0.3) is 21.9 Å². The molecule has 0 bridgehead atoms. The van der Waals surface area contributed by atoms with Crippen LogP contribution in [0.5, 0.6) is 0 Å². The fourth-order valence-corrected chi connectivity index (χ4v) is 8.16. The van der Waals surface area contributed by atoms with Crippen molar-refractivity contribution in [3.05, 3.63) is 84.6 Å². The highest BCUT2D eigenvalue weighted by Gasteiger charge is 2.46. The number of hydrogen-bond donors (Lipinski definition) is 1. The Morgan fingerprint density at radius 1 is 1.24 bits per heavy atom. The quantitative estimate of drug-likeness (QED) is 0.283. The van der Waals surface area contributed by atoms with Crippen molar-refractivity contribution in [2.24, 2.45) is 11.8 Å². The van der Waals surface area contributed by atoms with Crippen LogP contribution in [0, 0.1) is 18.8 Å². The van der Waals surface area contributed by atoms with E-state index in [1.54, 1.807) is 12.1 Å². The van der Waals surface area contributed by atoms with Crippen LogP contribution >= 0.6 is 11.8 Å². The van der Waals surface area contributed by atoms with Gasteiger partial charge in [0.1, 0.15) is 5.58 Å². The van der Waals surface area contributed by atoms with E-state index in [4.69, 9.17) is 4.42 Å². The summed E-state index contributed by atoms with van der Waals surface area (Å²) in [7, 11) is -3.81. The third kappa shape index (κ3) is 4.52. The molecule has 2 aliphatic rings. The predicted octanol–water partition coefficient (Wildman–Crippen LogP) is 6.06. The van der Waals surface area contributed by atoms with Crippen molar-refractivity contribution in [2.45, 2.75) is 36.1 Å². The molecule has 2 aromatic carbocycles. The molecule has 2 saturated heterocycles. The Morgan fingerprint density at radius 2 is 2.08 bits per heavy atom. The van der Waals surface area contributed by atoms with Gasteiger partial charge in [-0.2, -0.15) is 0 Å². The van der Waals surface area contributed by atoms with Crippen molar-refractivity contribution >= 4 is 48.9 Å². The highest BCUT2D eigenvalue weighted by molar-refractivity contribution is 8.14. The van der Waals surface area contributed by atoms with Crippen LogP contribution in [0.3, 0.4) is 0 Å². The molecule has 2 aliphatic heterocycles. The molecule has 196 valence electrons. The summed E-state index contributed by atoms with van der Waals surface area (Å²) in [6, 6.07) is 17.1. The number of thioether (sulfide) groups is 1. The molecule has 7 nitrogen and oxygen atoms in total. The number of carbonyl (C=O) groups excluding carboxylic acids is 1. The first kappa shape index (κ1) is 25.2. The lowest BCUT2D eigenvalue weighted by molar-refractivity contribution is 0.135. The number of sulfonamides is 1. The molecule has 1 N–H and O–H groups in total. The second-order valence-electron chi connectivity index (χ2n) is 10.1. The van der Waals surface area contributed by atoms with Crippen LogP contribution < -0.4 is 4.72 Å². The Morgan fingerprint density at radius 3 is 2.89 bits per heavy atom. The topological polar surface area (TPSA) is 92.5 Å². The van der Waals surface area contributed by atoms with Gasteiger partial charge in [-0.3, -0.25) is 9.78 Å². The van der Waals surface area contributed by atoms with Gasteiger partial charge in [0.2, 0.25) is 5.09 Å². The Kier molecular flexibility index (Phi) is 6.53. The number of fused-ring (bicyclic) bond motifs is 3. The smallest absolute Gasteiger partial charge is 0.282 e. The number of nitrogens with zero attached hydrogens (tertiary/aromatic N) is 2. The van der Waals surface area contributed by atoms with E-state index in [0.717, 1.165) is 40.3 Å². The Bertz CT molecular complexity index is 1620. The first-order chi connectivity index (χ1) is 18.3. The molecule has 2 aromatic heterocycles.